The number of nitrogens with one attached hydrogen (secondary N) is 1. The fourth-order valence-electron chi connectivity index (χ4n) is 8.26. The maximum Gasteiger partial charge on any atom is 0.241 e. The molecule has 0 spiro atoms. The van der Waals surface area contributed by atoms with E-state index in [2.05, 4.69) is 19.2 Å². The predicted octanol–water partition coefficient (Wildman–Crippen LogP) is 3.58. The van der Waals surface area contributed by atoms with Gasteiger partial charge in [0.15, 0.2) is 0 Å². The Morgan fingerprint density at radius 3 is 2.52 bits per heavy atom. The van der Waals surface area contributed by atoms with Crippen LogP contribution in [0.3, 0.4) is 0 Å². The molecule has 1 heterocycles. The lowest BCUT2D eigenvalue weighted by Gasteiger charge is -2.59. The summed E-state index contributed by atoms with van der Waals surface area (Å²) < 4.78 is 5.98. The van der Waals surface area contributed by atoms with E-state index in [9.17, 15) is 14.7 Å². The number of para-hydroxylation sites is 1. The van der Waals surface area contributed by atoms with E-state index in [4.69, 9.17) is 22.1 Å². The summed E-state index contributed by atoms with van der Waals surface area (Å²) in [4.78, 5) is 30.3. The van der Waals surface area contributed by atoms with E-state index in [1.165, 1.54) is 12.8 Å². The van der Waals surface area contributed by atoms with Crippen LogP contribution in [-0.4, -0.2) is 77.9 Å². The van der Waals surface area contributed by atoms with Crippen molar-refractivity contribution in [2.75, 3.05) is 31.6 Å². The van der Waals surface area contributed by atoms with Crippen molar-refractivity contribution < 1.29 is 19.4 Å². The average Bonchev–Trinajstić information content (AvgIpc) is 2.91. The van der Waals surface area contributed by atoms with Gasteiger partial charge in [-0.05, 0) is 88.7 Å². The van der Waals surface area contributed by atoms with Crippen molar-refractivity contribution in [1.29, 1.82) is 0 Å². The van der Waals surface area contributed by atoms with Gasteiger partial charge in [-0.25, -0.2) is 0 Å². The van der Waals surface area contributed by atoms with Crippen molar-refractivity contribution in [3.8, 4) is 0 Å². The number of nitrogens with zero attached hydrogens (tertiary/aromatic N) is 2. The SMILES string of the molecule is CC[C@H](C[C@H](O)[C@@H](N)CN1CC(=O)N(c2ccccc2Cl)CC1(C)C)C(=O)NC1C2CC3CC1CC(OC)(C3)C2. The van der Waals surface area contributed by atoms with Crippen LogP contribution in [0.25, 0.3) is 0 Å². The Morgan fingerprint density at radius 1 is 1.23 bits per heavy atom. The largest absolute Gasteiger partial charge is 0.391 e. The van der Waals surface area contributed by atoms with Crippen LogP contribution < -0.4 is 16.0 Å². The van der Waals surface area contributed by atoms with Gasteiger partial charge in [0.25, 0.3) is 0 Å². The van der Waals surface area contributed by atoms with E-state index in [0.717, 1.165) is 25.2 Å². The average molecular weight is 575 g/mol. The summed E-state index contributed by atoms with van der Waals surface area (Å²) in [5.74, 6) is 1.34. The van der Waals surface area contributed by atoms with Crippen LogP contribution in [0.15, 0.2) is 24.3 Å². The molecule has 5 aliphatic rings. The molecule has 0 aromatic heterocycles. The molecule has 6 rings (SSSR count). The van der Waals surface area contributed by atoms with Crippen molar-refractivity contribution in [3.05, 3.63) is 29.3 Å². The summed E-state index contributed by atoms with van der Waals surface area (Å²) in [6.07, 6.45) is 5.68. The fraction of sp³-hybridized carbons (Fsp3) is 0.742. The van der Waals surface area contributed by atoms with Gasteiger partial charge in [-0.1, -0.05) is 30.7 Å². The summed E-state index contributed by atoms with van der Waals surface area (Å²) in [7, 11) is 1.84. The molecule has 1 saturated heterocycles. The summed E-state index contributed by atoms with van der Waals surface area (Å²) >= 11 is 6.38. The number of benzene rings is 1. The Hall–Kier alpha value is -1.71. The van der Waals surface area contributed by atoms with Gasteiger partial charge in [-0.15, -0.1) is 0 Å². The highest BCUT2D eigenvalue weighted by Gasteiger charge is 2.56. The van der Waals surface area contributed by atoms with Gasteiger partial charge in [0, 0.05) is 43.7 Å². The van der Waals surface area contributed by atoms with Gasteiger partial charge in [-0.3, -0.25) is 14.5 Å². The van der Waals surface area contributed by atoms with Crippen molar-refractivity contribution in [2.24, 2.45) is 29.4 Å². The van der Waals surface area contributed by atoms with Gasteiger partial charge < -0.3 is 25.8 Å². The normalized spacial score (nSPS) is 33.6. The molecule has 1 aliphatic heterocycles. The lowest BCUT2D eigenvalue weighted by molar-refractivity contribution is -0.162. The lowest BCUT2D eigenvalue weighted by Crippen LogP contribution is -2.64. The zero-order chi connectivity index (χ0) is 28.8. The second-order valence-electron chi connectivity index (χ2n) is 13.6. The summed E-state index contributed by atoms with van der Waals surface area (Å²) in [6, 6.07) is 6.99. The number of amides is 2. The molecule has 4 saturated carbocycles. The third-order valence-electron chi connectivity index (χ3n) is 10.4. The van der Waals surface area contributed by atoms with Gasteiger partial charge in [-0.2, -0.15) is 0 Å². The Morgan fingerprint density at radius 2 is 1.90 bits per heavy atom. The van der Waals surface area contributed by atoms with Crippen LogP contribution in [0.4, 0.5) is 5.69 Å². The molecular formula is C31H47ClN4O4. The molecule has 4 bridgehead atoms. The van der Waals surface area contributed by atoms with Gasteiger partial charge in [0.1, 0.15) is 0 Å². The fourth-order valence-corrected chi connectivity index (χ4v) is 8.50. The van der Waals surface area contributed by atoms with Crippen LogP contribution >= 0.6 is 11.6 Å². The van der Waals surface area contributed by atoms with Crippen molar-refractivity contribution in [2.45, 2.75) is 95.0 Å². The first kappa shape index (κ1) is 29.8. The highest BCUT2D eigenvalue weighted by molar-refractivity contribution is 6.33. The molecule has 2 unspecified atom stereocenters. The van der Waals surface area contributed by atoms with E-state index < -0.39 is 12.1 Å². The van der Waals surface area contributed by atoms with Crippen molar-refractivity contribution in [1.82, 2.24) is 10.2 Å². The van der Waals surface area contributed by atoms with E-state index in [1.54, 1.807) is 11.0 Å². The van der Waals surface area contributed by atoms with Gasteiger partial charge in [0.05, 0.1) is 29.0 Å². The molecule has 2 amide bonds. The Kier molecular flexibility index (Phi) is 8.57. The first-order chi connectivity index (χ1) is 18.9. The van der Waals surface area contributed by atoms with Crippen LogP contribution in [0.1, 0.15) is 65.7 Å². The number of anilines is 1. The number of nitrogens with two attached hydrogens (primary N) is 1. The molecule has 5 fully saturated rings. The third-order valence-corrected chi connectivity index (χ3v) is 10.8. The van der Waals surface area contributed by atoms with E-state index in [0.29, 0.717) is 48.5 Å². The smallest absolute Gasteiger partial charge is 0.241 e. The van der Waals surface area contributed by atoms with Crippen LogP contribution in [0, 0.1) is 23.7 Å². The zero-order valence-electron chi connectivity index (χ0n) is 24.4. The third kappa shape index (κ3) is 5.80. The topological polar surface area (TPSA) is 108 Å². The van der Waals surface area contributed by atoms with Crippen molar-refractivity contribution >= 4 is 29.1 Å². The van der Waals surface area contributed by atoms with Gasteiger partial charge >= 0.3 is 0 Å². The van der Waals surface area contributed by atoms with Crippen LogP contribution in [0.5, 0.6) is 0 Å². The molecule has 1 aromatic carbocycles. The molecule has 4 N–H and O–H groups in total. The number of methoxy groups -OCH3 is 1. The Bertz CT molecular complexity index is 1080. The maximum atomic E-state index is 13.4. The number of piperazine rings is 1. The summed E-state index contributed by atoms with van der Waals surface area (Å²) in [6.45, 7) is 7.15. The summed E-state index contributed by atoms with van der Waals surface area (Å²) in [5.41, 5.74) is 6.86. The Labute approximate surface area is 243 Å². The number of rotatable bonds is 10. The van der Waals surface area contributed by atoms with Crippen LogP contribution in [-0.2, 0) is 14.3 Å². The summed E-state index contributed by atoms with van der Waals surface area (Å²) in [5, 5.41) is 15.1. The minimum absolute atomic E-state index is 0.0127. The number of halogens is 1. The van der Waals surface area contributed by atoms with E-state index in [1.807, 2.05) is 37.1 Å². The quantitative estimate of drug-likeness (QED) is 0.394. The zero-order valence-corrected chi connectivity index (χ0v) is 25.2. The number of aliphatic hydroxyl groups excluding tert-OH is 1. The standard InChI is InChI=1S/C31H47ClN4O4/c1-5-20(29(39)34-28-21-10-19-11-22(28)15-31(13-19,14-21)40-4)12-26(37)24(33)16-35-17-27(38)36(18-30(35,2)3)25-9-7-6-8-23(25)32/h6-9,19-22,24,26,28,37H,5,10-18,33H2,1-4H3,(H,34,39)/t19?,20-,21?,22?,24+,26+,28?,31?/m1/s1. The molecule has 8 nitrogen and oxygen atoms in total. The minimum Gasteiger partial charge on any atom is -0.391 e. The van der Waals surface area contributed by atoms with E-state index >= 15 is 0 Å². The first-order valence-corrected chi connectivity index (χ1v) is 15.4. The van der Waals surface area contributed by atoms with Crippen LogP contribution in [0.2, 0.25) is 5.02 Å². The predicted molar refractivity (Wildman–Crippen MR) is 157 cm³/mol. The van der Waals surface area contributed by atoms with Crippen molar-refractivity contribution in [3.63, 3.8) is 0 Å². The second-order valence-corrected chi connectivity index (χ2v) is 14.0. The second kappa shape index (κ2) is 11.5. The molecule has 5 atom stereocenters. The molecular weight excluding hydrogens is 528 g/mol. The highest BCUT2D eigenvalue weighted by atomic mass is 35.5. The number of hydrogen-bond acceptors (Lipinski definition) is 6. The molecule has 222 valence electrons. The molecule has 0 radical (unpaired) electrons. The maximum absolute atomic E-state index is 13.4. The number of aliphatic hydroxyl groups is 1. The Balaban J connectivity index is 1.16. The van der Waals surface area contributed by atoms with Gasteiger partial charge in [0.2, 0.25) is 11.8 Å². The number of hydrogen-bond donors (Lipinski definition) is 3. The minimum atomic E-state index is -0.849. The molecule has 40 heavy (non-hydrogen) atoms. The number of carbonyl (C=O) groups excluding carboxylic acids is 2. The number of carbonyl (C=O) groups is 2. The number of ether oxygens (including phenoxy) is 1. The molecule has 9 heteroatoms. The molecule has 4 aliphatic carbocycles. The monoisotopic (exact) mass is 574 g/mol. The van der Waals surface area contributed by atoms with E-state index in [-0.39, 0.29) is 41.5 Å². The highest BCUT2D eigenvalue weighted by Crippen LogP contribution is 2.57. The first-order valence-electron chi connectivity index (χ1n) is 15.0. The molecule has 1 aromatic rings. The lowest BCUT2D eigenvalue weighted by atomic mass is 9.52.